The number of amides is 2. The molecule has 2 aliphatic rings. The van der Waals surface area contributed by atoms with E-state index < -0.39 is 17.4 Å². The van der Waals surface area contributed by atoms with E-state index in [0.717, 1.165) is 12.8 Å². The van der Waals surface area contributed by atoms with Gasteiger partial charge in [0.1, 0.15) is 5.76 Å². The Morgan fingerprint density at radius 2 is 2.12 bits per heavy atom. The van der Waals surface area contributed by atoms with Crippen LogP contribution in [0.15, 0.2) is 22.8 Å². The lowest BCUT2D eigenvalue weighted by atomic mass is 9.92. The molecule has 1 atom stereocenters. The molecule has 2 N–H and O–H groups in total. The van der Waals surface area contributed by atoms with Gasteiger partial charge in [0.25, 0.3) is 0 Å². The quantitative estimate of drug-likeness (QED) is 0.822. The highest BCUT2D eigenvalue weighted by molar-refractivity contribution is 5.89. The third kappa shape index (κ3) is 3.60. The Labute approximate surface area is 140 Å². The molecule has 130 valence electrons. The van der Waals surface area contributed by atoms with Crippen LogP contribution in [0.2, 0.25) is 0 Å². The molecule has 1 aliphatic heterocycles. The number of nitrogens with one attached hydrogen (secondary N) is 1. The Morgan fingerprint density at radius 1 is 1.38 bits per heavy atom. The summed E-state index contributed by atoms with van der Waals surface area (Å²) >= 11 is 0. The van der Waals surface area contributed by atoms with E-state index in [4.69, 9.17) is 9.52 Å². The van der Waals surface area contributed by atoms with Gasteiger partial charge in [-0.05, 0) is 25.0 Å². The van der Waals surface area contributed by atoms with Gasteiger partial charge in [0.15, 0.2) is 0 Å². The Bertz CT molecular complexity index is 619. The first kappa shape index (κ1) is 16.5. The molecule has 2 fully saturated rings. The number of carboxylic acids is 1. The molecule has 0 radical (unpaired) electrons. The number of furan rings is 1. The third-order valence-electron chi connectivity index (χ3n) is 4.95. The van der Waals surface area contributed by atoms with Crippen LogP contribution in [0.25, 0.3) is 0 Å². The van der Waals surface area contributed by atoms with Crippen molar-refractivity contribution in [3.05, 3.63) is 24.2 Å². The van der Waals surface area contributed by atoms with E-state index in [-0.39, 0.29) is 24.7 Å². The van der Waals surface area contributed by atoms with E-state index in [1.807, 2.05) is 0 Å². The summed E-state index contributed by atoms with van der Waals surface area (Å²) in [6.45, 7) is 0.699. The normalized spacial score (nSPS) is 22.8. The monoisotopic (exact) mass is 334 g/mol. The van der Waals surface area contributed by atoms with Crippen molar-refractivity contribution in [2.24, 2.45) is 5.92 Å². The van der Waals surface area contributed by atoms with Crippen LogP contribution in [0.3, 0.4) is 0 Å². The standard InChI is InChI=1S/C17H22N2O5/c20-14-8-12(10-19(14)11-13-4-3-7-24-13)16(23)18-17(9-15(21)22)5-1-2-6-17/h3-4,7,12H,1-2,5-6,8-11H2,(H,18,23)(H,21,22). The number of carbonyl (C=O) groups is 3. The Kier molecular flexibility index (Phi) is 4.59. The lowest BCUT2D eigenvalue weighted by Crippen LogP contribution is -2.50. The summed E-state index contributed by atoms with van der Waals surface area (Å²) < 4.78 is 5.25. The number of aliphatic carboxylic acids is 1. The van der Waals surface area contributed by atoms with E-state index in [1.165, 1.54) is 0 Å². The summed E-state index contributed by atoms with van der Waals surface area (Å²) in [6, 6.07) is 3.55. The smallest absolute Gasteiger partial charge is 0.305 e. The van der Waals surface area contributed by atoms with Crippen molar-refractivity contribution < 1.29 is 23.9 Å². The Balaban J connectivity index is 1.61. The second kappa shape index (κ2) is 6.67. The predicted molar refractivity (Wildman–Crippen MR) is 83.8 cm³/mol. The van der Waals surface area contributed by atoms with Crippen LogP contribution in [-0.4, -0.2) is 39.9 Å². The molecule has 1 aromatic rings. The SMILES string of the molecule is O=C(O)CC1(NC(=O)C2CC(=O)N(Cc3ccco3)C2)CCCC1. The third-order valence-corrected chi connectivity index (χ3v) is 4.95. The van der Waals surface area contributed by atoms with Crippen LogP contribution < -0.4 is 5.32 Å². The second-order valence-corrected chi connectivity index (χ2v) is 6.80. The van der Waals surface area contributed by atoms with Gasteiger partial charge in [-0.15, -0.1) is 0 Å². The van der Waals surface area contributed by atoms with Crippen molar-refractivity contribution in [2.45, 2.75) is 50.6 Å². The second-order valence-electron chi connectivity index (χ2n) is 6.80. The van der Waals surface area contributed by atoms with Crippen molar-refractivity contribution in [2.75, 3.05) is 6.54 Å². The molecule has 24 heavy (non-hydrogen) atoms. The maximum absolute atomic E-state index is 12.6. The average Bonchev–Trinajstić information content (AvgIpc) is 3.22. The first-order chi connectivity index (χ1) is 11.5. The molecule has 2 amide bonds. The van der Waals surface area contributed by atoms with Gasteiger partial charge in [0.05, 0.1) is 30.7 Å². The van der Waals surface area contributed by atoms with Gasteiger partial charge in [-0.2, -0.15) is 0 Å². The van der Waals surface area contributed by atoms with Crippen LogP contribution in [0.4, 0.5) is 0 Å². The number of likely N-dealkylation sites (tertiary alicyclic amines) is 1. The van der Waals surface area contributed by atoms with Crippen molar-refractivity contribution >= 4 is 17.8 Å². The molecule has 0 bridgehead atoms. The number of hydrogen-bond acceptors (Lipinski definition) is 4. The largest absolute Gasteiger partial charge is 0.481 e. The van der Waals surface area contributed by atoms with Gasteiger partial charge < -0.3 is 19.7 Å². The van der Waals surface area contributed by atoms with Crippen molar-refractivity contribution in [3.63, 3.8) is 0 Å². The van der Waals surface area contributed by atoms with Crippen LogP contribution in [-0.2, 0) is 20.9 Å². The van der Waals surface area contributed by atoms with Gasteiger partial charge in [-0.25, -0.2) is 0 Å². The van der Waals surface area contributed by atoms with Crippen LogP contribution in [0.1, 0.15) is 44.3 Å². The maximum Gasteiger partial charge on any atom is 0.305 e. The van der Waals surface area contributed by atoms with E-state index in [0.29, 0.717) is 31.7 Å². The number of hydrogen-bond donors (Lipinski definition) is 2. The highest BCUT2D eigenvalue weighted by Gasteiger charge is 2.41. The summed E-state index contributed by atoms with van der Waals surface area (Å²) in [4.78, 5) is 37.4. The van der Waals surface area contributed by atoms with E-state index in [9.17, 15) is 14.4 Å². The zero-order valence-corrected chi connectivity index (χ0v) is 13.5. The summed E-state index contributed by atoms with van der Waals surface area (Å²) in [5, 5.41) is 12.1. The van der Waals surface area contributed by atoms with Gasteiger partial charge >= 0.3 is 5.97 Å². The minimum Gasteiger partial charge on any atom is -0.481 e. The van der Waals surface area contributed by atoms with Crippen molar-refractivity contribution in [1.29, 1.82) is 0 Å². The van der Waals surface area contributed by atoms with Gasteiger partial charge in [0.2, 0.25) is 11.8 Å². The average molecular weight is 334 g/mol. The first-order valence-electron chi connectivity index (χ1n) is 8.31. The van der Waals surface area contributed by atoms with Gasteiger partial charge in [0, 0.05) is 13.0 Å². The number of carbonyl (C=O) groups excluding carboxylic acids is 2. The van der Waals surface area contributed by atoms with Crippen molar-refractivity contribution in [1.82, 2.24) is 10.2 Å². The number of rotatable bonds is 6. The highest BCUT2D eigenvalue weighted by atomic mass is 16.4. The first-order valence-corrected chi connectivity index (χ1v) is 8.31. The zero-order chi connectivity index (χ0) is 17.2. The fourth-order valence-corrected chi connectivity index (χ4v) is 3.74. The fourth-order valence-electron chi connectivity index (χ4n) is 3.74. The number of carboxylic acid groups (broad SMARTS) is 1. The van der Waals surface area contributed by atoms with Crippen LogP contribution in [0, 0.1) is 5.92 Å². The predicted octanol–water partition coefficient (Wildman–Crippen LogP) is 1.53. The maximum atomic E-state index is 12.6. The Hall–Kier alpha value is -2.31. The topological polar surface area (TPSA) is 99.8 Å². The van der Waals surface area contributed by atoms with E-state index in [2.05, 4.69) is 5.32 Å². The lowest BCUT2D eigenvalue weighted by Gasteiger charge is -2.30. The van der Waals surface area contributed by atoms with Crippen LogP contribution in [0.5, 0.6) is 0 Å². The molecule has 0 spiro atoms. The van der Waals surface area contributed by atoms with E-state index >= 15 is 0 Å². The van der Waals surface area contributed by atoms with Crippen LogP contribution >= 0.6 is 0 Å². The van der Waals surface area contributed by atoms with Crippen molar-refractivity contribution in [3.8, 4) is 0 Å². The molecule has 1 saturated heterocycles. The molecule has 7 nitrogen and oxygen atoms in total. The molecule has 1 unspecified atom stereocenters. The minimum atomic E-state index is -0.904. The zero-order valence-electron chi connectivity index (χ0n) is 13.5. The molecule has 1 saturated carbocycles. The summed E-state index contributed by atoms with van der Waals surface area (Å²) in [5.74, 6) is -0.945. The summed E-state index contributed by atoms with van der Waals surface area (Å²) in [5.41, 5.74) is -0.652. The summed E-state index contributed by atoms with van der Waals surface area (Å²) in [7, 11) is 0. The number of nitrogens with zero attached hydrogens (tertiary/aromatic N) is 1. The lowest BCUT2D eigenvalue weighted by molar-refractivity contribution is -0.139. The Morgan fingerprint density at radius 3 is 2.75 bits per heavy atom. The molecule has 0 aromatic carbocycles. The van der Waals surface area contributed by atoms with E-state index in [1.54, 1.807) is 23.3 Å². The highest BCUT2D eigenvalue weighted by Crippen LogP contribution is 2.33. The molecule has 3 rings (SSSR count). The summed E-state index contributed by atoms with van der Waals surface area (Å²) in [6.07, 6.45) is 4.86. The fraction of sp³-hybridized carbons (Fsp3) is 0.588. The molecule has 1 aliphatic carbocycles. The molecule has 1 aromatic heterocycles. The minimum absolute atomic E-state index is 0.0600. The molecular formula is C17H22N2O5. The molecule has 2 heterocycles. The molecular weight excluding hydrogens is 312 g/mol. The van der Waals surface area contributed by atoms with Gasteiger partial charge in [-0.3, -0.25) is 14.4 Å². The molecule has 7 heteroatoms. The van der Waals surface area contributed by atoms with Gasteiger partial charge in [-0.1, -0.05) is 12.8 Å².